The van der Waals surface area contributed by atoms with Crippen molar-refractivity contribution >= 4 is 0 Å². The van der Waals surface area contributed by atoms with Gasteiger partial charge < -0.3 is 5.11 Å². The molecular weight excluding hydrogens is 196 g/mol. The van der Waals surface area contributed by atoms with Gasteiger partial charge >= 0.3 is 0 Å². The molecule has 0 radical (unpaired) electrons. The first-order valence-electron chi connectivity index (χ1n) is 5.73. The quantitative estimate of drug-likeness (QED) is 0.705. The molecule has 0 saturated carbocycles. The standard InChI is InChI=1S/C15H12O/c16-15-13-9-5-1-2-6-10(9)14(15)12-8-4-3-7-11(12)13/h1-8,13-16H. The van der Waals surface area contributed by atoms with Crippen LogP contribution in [0.1, 0.15) is 34.1 Å². The van der Waals surface area contributed by atoms with Gasteiger partial charge in [-0.15, -0.1) is 0 Å². The van der Waals surface area contributed by atoms with Crippen LogP contribution < -0.4 is 0 Å². The van der Waals surface area contributed by atoms with Crippen LogP contribution in [-0.2, 0) is 0 Å². The SMILES string of the molecule is OC1C2c3ccccc3C1c1ccccc12. The van der Waals surface area contributed by atoms with Crippen LogP contribution in [0.2, 0.25) is 0 Å². The van der Waals surface area contributed by atoms with Crippen molar-refractivity contribution in [3.8, 4) is 0 Å². The van der Waals surface area contributed by atoms with Crippen LogP contribution >= 0.6 is 0 Å². The summed E-state index contributed by atoms with van der Waals surface area (Å²) in [6, 6.07) is 16.9. The van der Waals surface area contributed by atoms with Crippen molar-refractivity contribution < 1.29 is 5.11 Å². The van der Waals surface area contributed by atoms with Crippen molar-refractivity contribution in [2.24, 2.45) is 0 Å². The van der Waals surface area contributed by atoms with E-state index in [2.05, 4.69) is 48.5 Å². The van der Waals surface area contributed by atoms with E-state index in [0.29, 0.717) is 0 Å². The van der Waals surface area contributed by atoms with Crippen molar-refractivity contribution in [2.75, 3.05) is 0 Å². The van der Waals surface area contributed by atoms with Gasteiger partial charge in [-0.1, -0.05) is 48.5 Å². The Labute approximate surface area is 94.4 Å². The zero-order valence-electron chi connectivity index (χ0n) is 8.80. The Morgan fingerprint density at radius 2 is 0.938 bits per heavy atom. The summed E-state index contributed by atoms with van der Waals surface area (Å²) in [4.78, 5) is 0. The van der Waals surface area contributed by atoms with Crippen LogP contribution in [-0.4, -0.2) is 11.2 Å². The molecule has 16 heavy (non-hydrogen) atoms. The highest BCUT2D eigenvalue weighted by Crippen LogP contribution is 2.55. The first-order valence-corrected chi connectivity index (χ1v) is 5.73. The molecule has 0 aromatic heterocycles. The third-order valence-corrected chi connectivity index (χ3v) is 4.02. The van der Waals surface area contributed by atoms with E-state index in [-0.39, 0.29) is 17.9 Å². The molecule has 2 aliphatic rings. The van der Waals surface area contributed by atoms with Crippen molar-refractivity contribution in [3.05, 3.63) is 70.8 Å². The molecule has 1 heteroatoms. The highest BCUT2D eigenvalue weighted by atomic mass is 16.3. The van der Waals surface area contributed by atoms with Crippen LogP contribution in [0.25, 0.3) is 0 Å². The lowest BCUT2D eigenvalue weighted by molar-refractivity contribution is 0.166. The number of aliphatic hydroxyl groups is 1. The van der Waals surface area contributed by atoms with Gasteiger partial charge in [-0.3, -0.25) is 0 Å². The van der Waals surface area contributed by atoms with E-state index < -0.39 is 0 Å². The lowest BCUT2D eigenvalue weighted by Crippen LogP contribution is -2.10. The summed E-state index contributed by atoms with van der Waals surface area (Å²) in [7, 11) is 0. The lowest BCUT2D eigenvalue weighted by Gasteiger charge is -2.17. The normalized spacial score (nSPS) is 28.9. The van der Waals surface area contributed by atoms with E-state index in [9.17, 15) is 5.11 Å². The largest absolute Gasteiger partial charge is 0.391 e. The minimum atomic E-state index is -0.255. The predicted octanol–water partition coefficient (Wildman–Crippen LogP) is 2.64. The van der Waals surface area contributed by atoms with Crippen LogP contribution in [0, 0.1) is 0 Å². The second kappa shape index (κ2) is 2.74. The van der Waals surface area contributed by atoms with Crippen LogP contribution in [0.4, 0.5) is 0 Å². The summed E-state index contributed by atoms with van der Waals surface area (Å²) < 4.78 is 0. The van der Waals surface area contributed by atoms with E-state index >= 15 is 0 Å². The van der Waals surface area contributed by atoms with Crippen LogP contribution in [0.3, 0.4) is 0 Å². The maximum atomic E-state index is 10.4. The predicted molar refractivity (Wildman–Crippen MR) is 62.6 cm³/mol. The summed E-state index contributed by atoms with van der Waals surface area (Å²) >= 11 is 0. The molecule has 2 bridgehead atoms. The summed E-state index contributed by atoms with van der Waals surface area (Å²) in [5.74, 6) is 0.412. The summed E-state index contributed by atoms with van der Waals surface area (Å²) in [6.45, 7) is 0. The van der Waals surface area contributed by atoms with Gasteiger partial charge in [-0.05, 0) is 22.3 Å². The molecule has 0 aliphatic heterocycles. The Morgan fingerprint density at radius 3 is 1.25 bits per heavy atom. The molecular formula is C15H12O. The van der Waals surface area contributed by atoms with Gasteiger partial charge in [0.1, 0.15) is 0 Å². The van der Waals surface area contributed by atoms with Gasteiger partial charge in [0.25, 0.3) is 0 Å². The van der Waals surface area contributed by atoms with E-state index in [1.54, 1.807) is 0 Å². The van der Waals surface area contributed by atoms with Gasteiger partial charge in [0.15, 0.2) is 0 Å². The smallest absolute Gasteiger partial charge is 0.0758 e. The van der Waals surface area contributed by atoms with Crippen LogP contribution in [0.5, 0.6) is 0 Å². The number of aliphatic hydroxyl groups excluding tert-OH is 1. The first kappa shape index (κ1) is 8.54. The van der Waals surface area contributed by atoms with Gasteiger partial charge in [0, 0.05) is 11.8 Å². The van der Waals surface area contributed by atoms with Gasteiger partial charge in [0.2, 0.25) is 0 Å². The highest BCUT2D eigenvalue weighted by molar-refractivity contribution is 5.60. The number of hydrogen-bond acceptors (Lipinski definition) is 1. The molecule has 1 nitrogen and oxygen atoms in total. The van der Waals surface area contributed by atoms with E-state index in [4.69, 9.17) is 0 Å². The number of rotatable bonds is 0. The molecule has 0 unspecified atom stereocenters. The molecule has 0 atom stereocenters. The number of fused-ring (bicyclic) bond motifs is 8. The fourth-order valence-corrected chi connectivity index (χ4v) is 3.42. The molecule has 0 saturated heterocycles. The summed E-state index contributed by atoms with van der Waals surface area (Å²) in [6.07, 6.45) is -0.255. The van der Waals surface area contributed by atoms with Crippen molar-refractivity contribution in [1.82, 2.24) is 0 Å². The molecule has 4 rings (SSSR count). The van der Waals surface area contributed by atoms with Gasteiger partial charge in [-0.25, -0.2) is 0 Å². The minimum Gasteiger partial charge on any atom is -0.391 e. The molecule has 2 aromatic rings. The van der Waals surface area contributed by atoms with Crippen molar-refractivity contribution in [2.45, 2.75) is 17.9 Å². The second-order valence-electron chi connectivity index (χ2n) is 4.70. The number of hydrogen-bond donors (Lipinski definition) is 1. The number of benzene rings is 2. The zero-order chi connectivity index (χ0) is 10.7. The van der Waals surface area contributed by atoms with Gasteiger partial charge in [-0.2, -0.15) is 0 Å². The molecule has 78 valence electrons. The third kappa shape index (κ3) is 0.817. The molecule has 0 heterocycles. The Balaban J connectivity index is 2.04. The minimum absolute atomic E-state index is 0.206. The summed E-state index contributed by atoms with van der Waals surface area (Å²) in [5.41, 5.74) is 5.27. The van der Waals surface area contributed by atoms with Crippen molar-refractivity contribution in [3.63, 3.8) is 0 Å². The van der Waals surface area contributed by atoms with E-state index in [1.807, 2.05) is 0 Å². The fourth-order valence-electron chi connectivity index (χ4n) is 3.42. The van der Waals surface area contributed by atoms with E-state index in [1.165, 1.54) is 22.3 Å². The molecule has 2 aromatic carbocycles. The van der Waals surface area contributed by atoms with Gasteiger partial charge in [0.05, 0.1) is 6.10 Å². The van der Waals surface area contributed by atoms with Crippen molar-refractivity contribution in [1.29, 1.82) is 0 Å². The third-order valence-electron chi connectivity index (χ3n) is 4.02. The molecule has 0 spiro atoms. The topological polar surface area (TPSA) is 20.2 Å². The lowest BCUT2D eigenvalue weighted by atomic mass is 9.86. The average molecular weight is 208 g/mol. The monoisotopic (exact) mass is 208 g/mol. The fraction of sp³-hybridized carbons (Fsp3) is 0.200. The maximum Gasteiger partial charge on any atom is 0.0758 e. The Morgan fingerprint density at radius 1 is 0.625 bits per heavy atom. The molecule has 0 fully saturated rings. The Bertz CT molecular complexity index is 476. The first-order chi connectivity index (χ1) is 7.88. The second-order valence-corrected chi connectivity index (χ2v) is 4.70. The van der Waals surface area contributed by atoms with Crippen LogP contribution in [0.15, 0.2) is 48.5 Å². The molecule has 1 N–H and O–H groups in total. The molecule has 2 aliphatic carbocycles. The Hall–Kier alpha value is -1.60. The highest BCUT2D eigenvalue weighted by Gasteiger charge is 2.48. The summed E-state index contributed by atoms with van der Waals surface area (Å²) in [5, 5.41) is 10.4. The zero-order valence-corrected chi connectivity index (χ0v) is 8.80. The maximum absolute atomic E-state index is 10.4. The molecule has 0 amide bonds. The average Bonchev–Trinajstić information content (AvgIpc) is 2.78. The Kier molecular flexibility index (Phi) is 1.46. The van der Waals surface area contributed by atoms with E-state index in [0.717, 1.165) is 0 Å².